The highest BCUT2D eigenvalue weighted by atomic mass is 17.2. The molecule has 16 nitrogen and oxygen atoms in total. The third-order valence-electron chi connectivity index (χ3n) is 14.7. The summed E-state index contributed by atoms with van der Waals surface area (Å²) in [5, 5.41) is 80.0. The van der Waals surface area contributed by atoms with E-state index in [9.17, 15) is 45.3 Å². The Morgan fingerprint density at radius 3 is 2.58 bits per heavy atom. The number of fused-ring (bicyclic) bond motifs is 4. The fourth-order valence-corrected chi connectivity index (χ4v) is 11.0. The van der Waals surface area contributed by atoms with Gasteiger partial charge in [-0.2, -0.15) is 0 Å². The molecule has 1 saturated carbocycles. The van der Waals surface area contributed by atoms with E-state index in [-0.39, 0.29) is 41.2 Å². The summed E-state index contributed by atoms with van der Waals surface area (Å²) in [5.41, 5.74) is -0.582. The Labute approximate surface area is 375 Å². The summed E-state index contributed by atoms with van der Waals surface area (Å²) in [5.74, 6) is 0.794. The van der Waals surface area contributed by atoms with Gasteiger partial charge in [0.2, 0.25) is 5.91 Å². The first-order valence-corrected chi connectivity index (χ1v) is 22.5. The molecule has 3 aromatic carbocycles. The first-order chi connectivity index (χ1) is 31.1. The number of nitrogens with one attached hydrogen (secondary N) is 1. The van der Waals surface area contributed by atoms with Gasteiger partial charge in [-0.1, -0.05) is 25.8 Å². The Balaban J connectivity index is 1.10. The number of benzene rings is 3. The molecule has 1 amide bonds. The first-order valence-electron chi connectivity index (χ1n) is 22.5. The van der Waals surface area contributed by atoms with Gasteiger partial charge < -0.3 is 55.1 Å². The number of aryl methyl sites for hydroxylation is 1. The zero-order valence-corrected chi connectivity index (χ0v) is 36.7. The molecule has 0 bridgehead atoms. The summed E-state index contributed by atoms with van der Waals surface area (Å²) < 4.78 is 13.6. The normalized spacial score (nSPS) is 25.6. The second-order valence-corrected chi connectivity index (χ2v) is 18.8. The van der Waals surface area contributed by atoms with Crippen LogP contribution in [0, 0.1) is 18.3 Å². The van der Waals surface area contributed by atoms with Gasteiger partial charge >= 0.3 is 0 Å². The van der Waals surface area contributed by atoms with Crippen LogP contribution in [0.5, 0.6) is 17.2 Å². The van der Waals surface area contributed by atoms with Crippen LogP contribution in [-0.4, -0.2) is 109 Å². The number of amides is 1. The quantitative estimate of drug-likeness (QED) is 0.0615. The molecule has 346 valence electrons. The molecular formula is C49H57N3O13. The number of phenols is 2. The Kier molecular flexibility index (Phi) is 11.8. The number of aliphatic hydroxyl groups is 5. The maximum Gasteiger partial charge on any atom is 0.226 e. The molecule has 8 N–H and O–H groups in total. The van der Waals surface area contributed by atoms with Crippen molar-refractivity contribution in [2.45, 2.75) is 120 Å². The van der Waals surface area contributed by atoms with Crippen molar-refractivity contribution in [1.82, 2.24) is 5.32 Å². The van der Waals surface area contributed by atoms with E-state index in [4.69, 9.17) is 18.9 Å². The van der Waals surface area contributed by atoms with Gasteiger partial charge in [0.1, 0.15) is 65.2 Å². The van der Waals surface area contributed by atoms with Gasteiger partial charge in [-0.05, 0) is 99.2 Å². The summed E-state index contributed by atoms with van der Waals surface area (Å²) in [6.45, 7) is 4.52. The van der Waals surface area contributed by atoms with Gasteiger partial charge in [-0.25, -0.2) is 9.78 Å². The van der Waals surface area contributed by atoms with Crippen molar-refractivity contribution in [3.05, 3.63) is 93.1 Å². The van der Waals surface area contributed by atoms with E-state index in [1.54, 1.807) is 19.2 Å². The molecule has 1 spiro atoms. The molecule has 1 aliphatic carbocycles. The Morgan fingerprint density at radius 2 is 1.83 bits per heavy atom. The van der Waals surface area contributed by atoms with Crippen LogP contribution in [0.1, 0.15) is 75.7 Å². The Morgan fingerprint density at radius 1 is 1.05 bits per heavy atom. The molecule has 16 heteroatoms. The summed E-state index contributed by atoms with van der Waals surface area (Å²) in [7, 11) is 0. The number of aliphatic hydroxyl groups excluding tert-OH is 4. The van der Waals surface area contributed by atoms with E-state index in [0.29, 0.717) is 75.9 Å². The van der Waals surface area contributed by atoms with Crippen LogP contribution in [0.3, 0.4) is 0 Å². The second-order valence-electron chi connectivity index (χ2n) is 18.8. The van der Waals surface area contributed by atoms with Gasteiger partial charge in [0.25, 0.3) is 0 Å². The fraction of sp³-hybridized carbons (Fsp3) is 0.490. The molecule has 5 heterocycles. The lowest BCUT2D eigenvalue weighted by Gasteiger charge is -2.44. The minimum Gasteiger partial charge on any atom is -0.508 e. The minimum atomic E-state index is -2.41. The van der Waals surface area contributed by atoms with E-state index >= 15 is 0 Å². The maximum absolute atomic E-state index is 13.8. The van der Waals surface area contributed by atoms with Crippen molar-refractivity contribution >= 4 is 39.6 Å². The van der Waals surface area contributed by atoms with Crippen LogP contribution in [0.25, 0.3) is 21.7 Å². The van der Waals surface area contributed by atoms with Crippen molar-refractivity contribution in [1.29, 1.82) is 0 Å². The highest BCUT2D eigenvalue weighted by Crippen LogP contribution is 2.53. The smallest absolute Gasteiger partial charge is 0.226 e. The Bertz CT molecular complexity index is 2670. The van der Waals surface area contributed by atoms with Crippen LogP contribution in [0.2, 0.25) is 0 Å². The summed E-state index contributed by atoms with van der Waals surface area (Å²) >= 11 is 0. The molecule has 1 saturated heterocycles. The first kappa shape index (κ1) is 44.9. The third kappa shape index (κ3) is 7.78. The van der Waals surface area contributed by atoms with E-state index in [2.05, 4.69) is 22.1 Å². The zero-order valence-electron chi connectivity index (χ0n) is 36.7. The monoisotopic (exact) mass is 895 g/mol. The number of carbonyl (C=O) groups excluding carboxylic acids is 1. The standard InChI is InChI=1S/C49H57N3O13/c1-4-36-32-12-16-50-35(32)23-52(36)41-43-28(18-34-38(56)17-26(2)63-44(34)41)19-40(47(3,64-43)15-11-29-22-51-46(60)48(29)13-5-6-14-48)65-62-25-49(61,45(59)42(58)39(57)24-53)21-27-7-10-37(55)31-9-8-30(54)20-33(27)31/h7-10,12,16-18,20,23,29,36,39-40,42,45,53-55,57-59,61H,4-6,11,13-15,19,21-22,24-25H2,1-3H3,(H,51,60). The number of ether oxygens (including phenoxy) is 1. The van der Waals surface area contributed by atoms with Crippen LogP contribution in [0.15, 0.2) is 80.2 Å². The SMILES string of the molecule is CCC1C2=CC=NC2=CN1c1c2c(cc3c(=O)cc(C)oc13)CC(OOCC(O)(Cc1ccc(O)c3ccc(O)cc13)C(O)C(O)C(O)CO)C(C)(CCC1CNC(=O)C13CCCC3)O2. The summed E-state index contributed by atoms with van der Waals surface area (Å²) in [6, 6.07) is 10.2. The van der Waals surface area contributed by atoms with Crippen molar-refractivity contribution in [3.63, 3.8) is 0 Å². The van der Waals surface area contributed by atoms with Crippen LogP contribution in [0.4, 0.5) is 5.69 Å². The predicted octanol–water partition coefficient (Wildman–Crippen LogP) is 4.26. The number of hydrogen-bond acceptors (Lipinski definition) is 15. The van der Waals surface area contributed by atoms with Crippen molar-refractivity contribution < 1.29 is 59.5 Å². The zero-order chi connectivity index (χ0) is 46.0. The molecule has 4 aromatic rings. The second kappa shape index (κ2) is 17.1. The topological polar surface area (TPSA) is 244 Å². The number of carbonyl (C=O) groups is 1. The highest BCUT2D eigenvalue weighted by molar-refractivity contribution is 5.97. The minimum absolute atomic E-state index is 0.0221. The van der Waals surface area contributed by atoms with Gasteiger partial charge in [0, 0.05) is 54.4 Å². The number of aliphatic imine (C=N–C) groups is 1. The third-order valence-corrected chi connectivity index (χ3v) is 14.7. The highest BCUT2D eigenvalue weighted by Gasteiger charge is 2.54. The molecule has 4 aliphatic heterocycles. The molecule has 1 aromatic heterocycles. The van der Waals surface area contributed by atoms with Gasteiger partial charge in [0.15, 0.2) is 16.8 Å². The molecule has 8 atom stereocenters. The lowest BCUT2D eigenvalue weighted by atomic mass is 9.72. The summed E-state index contributed by atoms with van der Waals surface area (Å²) in [6.07, 6.45) is 3.71. The van der Waals surface area contributed by atoms with E-state index in [1.807, 2.05) is 19.2 Å². The Hall–Kier alpha value is -5.33. The lowest BCUT2D eigenvalue weighted by molar-refractivity contribution is -0.371. The number of rotatable bonds is 15. The van der Waals surface area contributed by atoms with Crippen molar-refractivity contribution in [2.75, 3.05) is 24.7 Å². The molecule has 0 radical (unpaired) electrons. The van der Waals surface area contributed by atoms with Crippen LogP contribution >= 0.6 is 0 Å². The number of phenolic OH excluding ortho intramolecular Hbond substituents is 2. The van der Waals surface area contributed by atoms with Crippen molar-refractivity contribution in [2.24, 2.45) is 16.3 Å². The molecule has 65 heavy (non-hydrogen) atoms. The molecular weight excluding hydrogens is 839 g/mol. The van der Waals surface area contributed by atoms with Crippen molar-refractivity contribution in [3.8, 4) is 17.2 Å². The lowest BCUT2D eigenvalue weighted by Crippen LogP contribution is -2.58. The van der Waals surface area contributed by atoms with Gasteiger partial charge in [-0.3, -0.25) is 14.6 Å². The van der Waals surface area contributed by atoms with Crippen LogP contribution < -0.4 is 20.4 Å². The number of anilines is 1. The number of hydrogen-bond donors (Lipinski definition) is 8. The molecule has 5 aliphatic rings. The van der Waals surface area contributed by atoms with Gasteiger partial charge in [0.05, 0.1) is 29.1 Å². The van der Waals surface area contributed by atoms with Gasteiger partial charge in [-0.15, -0.1) is 0 Å². The molecule has 2 fully saturated rings. The average molecular weight is 896 g/mol. The van der Waals surface area contributed by atoms with E-state index < -0.39 is 60.7 Å². The number of nitrogens with zero attached hydrogens (tertiary/aromatic N) is 2. The fourth-order valence-electron chi connectivity index (χ4n) is 11.0. The van der Waals surface area contributed by atoms with E-state index in [1.165, 1.54) is 36.4 Å². The average Bonchev–Trinajstić information content (AvgIpc) is 4.09. The maximum atomic E-state index is 13.8. The molecule has 8 unspecified atom stereocenters. The largest absolute Gasteiger partial charge is 0.508 e. The summed E-state index contributed by atoms with van der Waals surface area (Å²) in [4.78, 5) is 46.0. The predicted molar refractivity (Wildman–Crippen MR) is 240 cm³/mol. The number of aromatic hydroxyl groups is 2. The number of allylic oxidation sites excluding steroid dienone is 1. The molecule has 9 rings (SSSR count). The van der Waals surface area contributed by atoms with E-state index in [0.717, 1.165) is 37.0 Å². The van der Waals surface area contributed by atoms with Crippen LogP contribution in [-0.2, 0) is 27.4 Å².